The van der Waals surface area contributed by atoms with Crippen molar-refractivity contribution >= 4 is 0 Å². The van der Waals surface area contributed by atoms with E-state index in [0.29, 0.717) is 12.0 Å². The summed E-state index contributed by atoms with van der Waals surface area (Å²) in [5.74, 6) is 0.342. The Morgan fingerprint density at radius 3 is 2.36 bits per heavy atom. The summed E-state index contributed by atoms with van der Waals surface area (Å²) in [4.78, 5) is 0. The van der Waals surface area contributed by atoms with Crippen molar-refractivity contribution in [3.8, 4) is 6.07 Å². The zero-order valence-corrected chi connectivity index (χ0v) is 7.72. The van der Waals surface area contributed by atoms with E-state index in [9.17, 15) is 0 Å². The van der Waals surface area contributed by atoms with Gasteiger partial charge in [0, 0.05) is 12.0 Å². The second-order valence-electron chi connectivity index (χ2n) is 2.55. The van der Waals surface area contributed by atoms with E-state index in [4.69, 9.17) is 5.26 Å². The Morgan fingerprint density at radius 2 is 2.00 bits per heavy atom. The summed E-state index contributed by atoms with van der Waals surface area (Å²) in [5, 5.41) is 11.7. The van der Waals surface area contributed by atoms with Gasteiger partial charge in [-0.05, 0) is 19.4 Å². The van der Waals surface area contributed by atoms with Gasteiger partial charge in [-0.2, -0.15) is 5.26 Å². The molecule has 0 aromatic carbocycles. The molecule has 0 aliphatic heterocycles. The predicted octanol–water partition coefficient (Wildman–Crippen LogP) is 1.92. The summed E-state index contributed by atoms with van der Waals surface area (Å²) in [6, 6.07) is 2.89. The maximum Gasteiger partial charge on any atom is 0.0657 e. The monoisotopic (exact) mass is 154 g/mol. The number of hydrogen-bond donors (Lipinski definition) is 1. The number of nitrogens with one attached hydrogen (secondary N) is 1. The van der Waals surface area contributed by atoms with Crippen molar-refractivity contribution in [2.45, 2.75) is 39.7 Å². The van der Waals surface area contributed by atoms with Crippen molar-refractivity contribution in [2.24, 2.45) is 5.92 Å². The van der Waals surface area contributed by atoms with E-state index in [1.54, 1.807) is 0 Å². The number of rotatable bonds is 2. The van der Waals surface area contributed by atoms with Crippen molar-refractivity contribution in [3.63, 3.8) is 0 Å². The number of nitrogens with zero attached hydrogens (tertiary/aromatic N) is 1. The SMILES string of the molecule is CC.CCNC1CC(C#N)C1. The largest absolute Gasteiger partial charge is 0.314 e. The standard InChI is InChI=1S/C7H12N2.C2H6/c1-2-9-7-3-6(4-7)5-8;1-2/h6-7,9H,2-4H2,1H3;1-2H3. The Morgan fingerprint density at radius 1 is 1.45 bits per heavy atom. The molecule has 0 amide bonds. The Kier molecular flexibility index (Phi) is 5.87. The zero-order chi connectivity index (χ0) is 8.69. The molecule has 0 aromatic rings. The van der Waals surface area contributed by atoms with E-state index in [-0.39, 0.29) is 0 Å². The first kappa shape index (κ1) is 10.4. The van der Waals surface area contributed by atoms with Crippen molar-refractivity contribution in [3.05, 3.63) is 0 Å². The Hall–Kier alpha value is -0.550. The van der Waals surface area contributed by atoms with Crippen LogP contribution < -0.4 is 5.32 Å². The van der Waals surface area contributed by atoms with E-state index < -0.39 is 0 Å². The van der Waals surface area contributed by atoms with Gasteiger partial charge in [-0.1, -0.05) is 20.8 Å². The van der Waals surface area contributed by atoms with Gasteiger partial charge in [0.25, 0.3) is 0 Å². The Balaban J connectivity index is 0.000000461. The van der Waals surface area contributed by atoms with Crippen molar-refractivity contribution in [1.82, 2.24) is 5.32 Å². The highest BCUT2D eigenvalue weighted by Crippen LogP contribution is 2.25. The number of hydrogen-bond acceptors (Lipinski definition) is 2. The van der Waals surface area contributed by atoms with Crippen LogP contribution in [0.4, 0.5) is 0 Å². The smallest absolute Gasteiger partial charge is 0.0657 e. The van der Waals surface area contributed by atoms with Crippen LogP contribution in [0.15, 0.2) is 0 Å². The van der Waals surface area contributed by atoms with Gasteiger partial charge in [-0.25, -0.2) is 0 Å². The zero-order valence-electron chi connectivity index (χ0n) is 7.72. The molecule has 0 aromatic heterocycles. The normalized spacial score (nSPS) is 27.5. The summed E-state index contributed by atoms with van der Waals surface area (Å²) in [7, 11) is 0. The highest BCUT2D eigenvalue weighted by molar-refractivity contribution is 4.96. The summed E-state index contributed by atoms with van der Waals surface area (Å²) >= 11 is 0. The molecule has 2 nitrogen and oxygen atoms in total. The first-order chi connectivity index (χ1) is 5.36. The van der Waals surface area contributed by atoms with E-state index >= 15 is 0 Å². The maximum absolute atomic E-state index is 8.39. The van der Waals surface area contributed by atoms with Crippen LogP contribution in [0.5, 0.6) is 0 Å². The summed E-state index contributed by atoms with van der Waals surface area (Å²) in [5.41, 5.74) is 0. The highest BCUT2D eigenvalue weighted by atomic mass is 14.9. The minimum Gasteiger partial charge on any atom is -0.314 e. The van der Waals surface area contributed by atoms with Crippen molar-refractivity contribution < 1.29 is 0 Å². The molecule has 11 heavy (non-hydrogen) atoms. The lowest BCUT2D eigenvalue weighted by Crippen LogP contribution is -2.40. The second kappa shape index (κ2) is 6.18. The van der Waals surface area contributed by atoms with Crippen LogP contribution in [0.3, 0.4) is 0 Å². The molecule has 0 spiro atoms. The average Bonchev–Trinajstić information content (AvgIpc) is 2.00. The van der Waals surface area contributed by atoms with Gasteiger partial charge in [-0.15, -0.1) is 0 Å². The third-order valence-corrected chi connectivity index (χ3v) is 1.81. The molecular weight excluding hydrogens is 136 g/mol. The first-order valence-electron chi connectivity index (χ1n) is 4.49. The second-order valence-corrected chi connectivity index (χ2v) is 2.55. The van der Waals surface area contributed by atoms with Gasteiger partial charge in [-0.3, -0.25) is 0 Å². The van der Waals surface area contributed by atoms with Crippen LogP contribution in [-0.4, -0.2) is 12.6 Å². The molecule has 0 saturated heterocycles. The van der Waals surface area contributed by atoms with E-state index in [1.807, 2.05) is 13.8 Å². The van der Waals surface area contributed by atoms with Crippen LogP contribution in [-0.2, 0) is 0 Å². The summed E-state index contributed by atoms with van der Waals surface area (Å²) < 4.78 is 0. The molecular formula is C9H18N2. The molecule has 1 aliphatic rings. The lowest BCUT2D eigenvalue weighted by molar-refractivity contribution is 0.279. The fourth-order valence-corrected chi connectivity index (χ4v) is 1.18. The van der Waals surface area contributed by atoms with Crippen LogP contribution in [0.2, 0.25) is 0 Å². The van der Waals surface area contributed by atoms with Gasteiger partial charge in [0.1, 0.15) is 0 Å². The first-order valence-corrected chi connectivity index (χ1v) is 4.49. The molecule has 1 N–H and O–H groups in total. The quantitative estimate of drug-likeness (QED) is 0.659. The van der Waals surface area contributed by atoms with Gasteiger partial charge >= 0.3 is 0 Å². The fraction of sp³-hybridized carbons (Fsp3) is 0.889. The molecule has 1 aliphatic carbocycles. The highest BCUT2D eigenvalue weighted by Gasteiger charge is 2.27. The fourth-order valence-electron chi connectivity index (χ4n) is 1.18. The van der Waals surface area contributed by atoms with Crippen LogP contribution in [0, 0.1) is 17.2 Å². The lowest BCUT2D eigenvalue weighted by atomic mass is 9.81. The van der Waals surface area contributed by atoms with Crippen molar-refractivity contribution in [1.29, 1.82) is 5.26 Å². The number of nitriles is 1. The molecule has 0 bridgehead atoms. The molecule has 1 saturated carbocycles. The minimum atomic E-state index is 0.342. The molecule has 64 valence electrons. The molecule has 0 radical (unpaired) electrons. The molecule has 0 heterocycles. The van der Waals surface area contributed by atoms with Gasteiger partial charge in [0.15, 0.2) is 0 Å². The van der Waals surface area contributed by atoms with Crippen LogP contribution in [0.25, 0.3) is 0 Å². The predicted molar refractivity (Wildman–Crippen MR) is 47.1 cm³/mol. The van der Waals surface area contributed by atoms with Crippen LogP contribution >= 0.6 is 0 Å². The Bertz CT molecular complexity index is 120. The van der Waals surface area contributed by atoms with Gasteiger partial charge < -0.3 is 5.32 Å². The molecule has 1 fully saturated rings. The average molecular weight is 154 g/mol. The maximum atomic E-state index is 8.39. The Labute approximate surface area is 69.6 Å². The molecule has 1 rings (SSSR count). The third-order valence-electron chi connectivity index (χ3n) is 1.81. The van der Waals surface area contributed by atoms with Crippen molar-refractivity contribution in [2.75, 3.05) is 6.54 Å². The minimum absolute atomic E-state index is 0.342. The summed E-state index contributed by atoms with van der Waals surface area (Å²) in [6.45, 7) is 7.13. The van der Waals surface area contributed by atoms with Gasteiger partial charge in [0.05, 0.1) is 6.07 Å². The summed E-state index contributed by atoms with van der Waals surface area (Å²) in [6.07, 6.45) is 2.12. The van der Waals surface area contributed by atoms with E-state index in [0.717, 1.165) is 19.4 Å². The van der Waals surface area contributed by atoms with E-state index in [1.165, 1.54) is 0 Å². The topological polar surface area (TPSA) is 35.8 Å². The molecule has 0 atom stereocenters. The third kappa shape index (κ3) is 3.38. The van der Waals surface area contributed by atoms with Crippen LogP contribution in [0.1, 0.15) is 33.6 Å². The lowest BCUT2D eigenvalue weighted by Gasteiger charge is -2.30. The molecule has 0 unspecified atom stereocenters. The van der Waals surface area contributed by atoms with E-state index in [2.05, 4.69) is 18.3 Å². The van der Waals surface area contributed by atoms with Gasteiger partial charge in [0.2, 0.25) is 0 Å². The molecule has 2 heteroatoms.